The van der Waals surface area contributed by atoms with Crippen molar-refractivity contribution in [1.82, 2.24) is 9.55 Å². The van der Waals surface area contributed by atoms with E-state index in [9.17, 15) is 4.79 Å². The van der Waals surface area contributed by atoms with Crippen molar-refractivity contribution in [1.29, 1.82) is 0 Å². The molecule has 1 aromatic heterocycles. The lowest BCUT2D eigenvalue weighted by Crippen LogP contribution is -2.08. The van der Waals surface area contributed by atoms with Crippen LogP contribution >= 0.6 is 0 Å². The van der Waals surface area contributed by atoms with Crippen molar-refractivity contribution in [2.75, 3.05) is 7.11 Å². The van der Waals surface area contributed by atoms with Gasteiger partial charge in [-0.25, -0.2) is 4.98 Å². The number of rotatable bonds is 5. The quantitative estimate of drug-likeness (QED) is 0.826. The third-order valence-corrected chi connectivity index (χ3v) is 3.73. The molecule has 1 aliphatic carbocycles. The number of carbonyl (C=O) groups excluding carboxylic acids is 1. The van der Waals surface area contributed by atoms with Crippen LogP contribution in [0, 0.1) is 5.92 Å². The molecular formula is C15H18N2O2. The molecule has 0 N–H and O–H groups in total. The van der Waals surface area contributed by atoms with Gasteiger partial charge in [0.2, 0.25) is 5.91 Å². The molecule has 1 saturated carbocycles. The summed E-state index contributed by atoms with van der Waals surface area (Å²) in [5, 5.41) is 0. The molecule has 0 radical (unpaired) electrons. The van der Waals surface area contributed by atoms with Crippen molar-refractivity contribution in [3.8, 4) is 5.75 Å². The van der Waals surface area contributed by atoms with E-state index >= 15 is 0 Å². The first-order valence-electron chi connectivity index (χ1n) is 6.83. The van der Waals surface area contributed by atoms with Crippen LogP contribution in [0.5, 0.6) is 5.75 Å². The molecule has 1 aromatic carbocycles. The van der Waals surface area contributed by atoms with E-state index < -0.39 is 0 Å². The van der Waals surface area contributed by atoms with Gasteiger partial charge in [0, 0.05) is 6.42 Å². The number of para-hydroxylation sites is 1. The van der Waals surface area contributed by atoms with E-state index in [1.165, 1.54) is 19.3 Å². The highest BCUT2D eigenvalue weighted by Gasteiger charge is 2.21. The van der Waals surface area contributed by atoms with Crippen LogP contribution in [0.1, 0.15) is 36.9 Å². The van der Waals surface area contributed by atoms with Crippen LogP contribution < -0.4 is 4.74 Å². The average Bonchev–Trinajstić information content (AvgIpc) is 3.15. The van der Waals surface area contributed by atoms with Crippen LogP contribution in [-0.4, -0.2) is 22.6 Å². The summed E-state index contributed by atoms with van der Waals surface area (Å²) in [6.07, 6.45) is 7.05. The summed E-state index contributed by atoms with van der Waals surface area (Å²) in [6, 6.07) is 5.65. The lowest BCUT2D eigenvalue weighted by Gasteiger charge is -2.04. The molecule has 1 fully saturated rings. The Balaban J connectivity index is 1.77. The van der Waals surface area contributed by atoms with Crippen LogP contribution in [0.25, 0.3) is 11.0 Å². The summed E-state index contributed by atoms with van der Waals surface area (Å²) in [5.41, 5.74) is 1.58. The Bertz CT molecular complexity index is 599. The standard InChI is InChI=1S/C15H18N2O2/c1-19-13-6-3-5-12-15(13)16-10-17(12)14(18)7-2-4-11-8-9-11/h3,5-6,10-11H,2,4,7-9H2,1H3. The number of hydrogen-bond acceptors (Lipinski definition) is 3. The largest absolute Gasteiger partial charge is 0.494 e. The number of imidazole rings is 1. The predicted molar refractivity (Wildman–Crippen MR) is 73.5 cm³/mol. The zero-order chi connectivity index (χ0) is 13.2. The van der Waals surface area contributed by atoms with E-state index in [-0.39, 0.29) is 5.91 Å². The number of hydrogen-bond donors (Lipinski definition) is 0. The van der Waals surface area contributed by atoms with Crippen molar-refractivity contribution >= 4 is 16.9 Å². The van der Waals surface area contributed by atoms with Crippen molar-refractivity contribution in [3.05, 3.63) is 24.5 Å². The highest BCUT2D eigenvalue weighted by Crippen LogP contribution is 2.34. The van der Waals surface area contributed by atoms with Crippen molar-refractivity contribution in [2.24, 2.45) is 5.92 Å². The monoisotopic (exact) mass is 258 g/mol. The molecule has 0 atom stereocenters. The van der Waals surface area contributed by atoms with E-state index in [4.69, 9.17) is 4.74 Å². The normalized spacial score (nSPS) is 14.8. The summed E-state index contributed by atoms with van der Waals surface area (Å²) >= 11 is 0. The first kappa shape index (κ1) is 12.2. The molecular weight excluding hydrogens is 240 g/mol. The van der Waals surface area contributed by atoms with Gasteiger partial charge in [-0.05, 0) is 30.9 Å². The number of aromatic nitrogens is 2. The molecule has 0 unspecified atom stereocenters. The fourth-order valence-corrected chi connectivity index (χ4v) is 2.44. The van der Waals surface area contributed by atoms with Gasteiger partial charge in [0.1, 0.15) is 17.6 Å². The molecule has 19 heavy (non-hydrogen) atoms. The van der Waals surface area contributed by atoms with Crippen molar-refractivity contribution in [3.63, 3.8) is 0 Å². The second kappa shape index (κ2) is 5.03. The third kappa shape index (κ3) is 2.48. The summed E-state index contributed by atoms with van der Waals surface area (Å²) in [7, 11) is 1.62. The summed E-state index contributed by atoms with van der Waals surface area (Å²) < 4.78 is 6.90. The molecule has 2 aromatic rings. The molecule has 0 amide bonds. The van der Waals surface area contributed by atoms with Gasteiger partial charge in [-0.15, -0.1) is 0 Å². The maximum absolute atomic E-state index is 12.2. The molecule has 100 valence electrons. The van der Waals surface area contributed by atoms with E-state index in [0.717, 1.165) is 23.4 Å². The number of ether oxygens (including phenoxy) is 1. The van der Waals surface area contributed by atoms with Gasteiger partial charge in [0.15, 0.2) is 0 Å². The van der Waals surface area contributed by atoms with Gasteiger partial charge >= 0.3 is 0 Å². The van der Waals surface area contributed by atoms with Crippen molar-refractivity contribution in [2.45, 2.75) is 32.1 Å². The molecule has 0 saturated heterocycles. The zero-order valence-electron chi connectivity index (χ0n) is 11.1. The van der Waals surface area contributed by atoms with Crippen LogP contribution in [-0.2, 0) is 0 Å². The van der Waals surface area contributed by atoms with Gasteiger partial charge in [-0.2, -0.15) is 0 Å². The molecule has 3 rings (SSSR count). The number of benzene rings is 1. The number of fused-ring (bicyclic) bond motifs is 1. The molecule has 0 bridgehead atoms. The van der Waals surface area contributed by atoms with Gasteiger partial charge in [-0.1, -0.05) is 18.9 Å². The molecule has 1 aliphatic rings. The summed E-state index contributed by atoms with van der Waals surface area (Å²) in [4.78, 5) is 16.5. The Hall–Kier alpha value is -1.84. The fraction of sp³-hybridized carbons (Fsp3) is 0.467. The summed E-state index contributed by atoms with van der Waals surface area (Å²) in [6.45, 7) is 0. The second-order valence-corrected chi connectivity index (χ2v) is 5.17. The average molecular weight is 258 g/mol. The minimum absolute atomic E-state index is 0.122. The van der Waals surface area contributed by atoms with Crippen molar-refractivity contribution < 1.29 is 9.53 Å². The van der Waals surface area contributed by atoms with Gasteiger partial charge < -0.3 is 4.74 Å². The number of carbonyl (C=O) groups is 1. The van der Waals surface area contributed by atoms with Crippen LogP contribution in [0.3, 0.4) is 0 Å². The topological polar surface area (TPSA) is 44.1 Å². The Labute approximate surface area is 112 Å². The minimum Gasteiger partial charge on any atom is -0.494 e. The number of nitrogens with zero attached hydrogens (tertiary/aromatic N) is 2. The zero-order valence-corrected chi connectivity index (χ0v) is 11.1. The van der Waals surface area contributed by atoms with Gasteiger partial charge in [-0.3, -0.25) is 9.36 Å². The molecule has 4 heteroatoms. The van der Waals surface area contributed by atoms with E-state index in [1.807, 2.05) is 18.2 Å². The van der Waals surface area contributed by atoms with Crippen LogP contribution in [0.4, 0.5) is 0 Å². The third-order valence-electron chi connectivity index (χ3n) is 3.73. The summed E-state index contributed by atoms with van der Waals surface area (Å²) in [5.74, 6) is 1.71. The first-order chi connectivity index (χ1) is 9.29. The fourth-order valence-electron chi connectivity index (χ4n) is 2.44. The SMILES string of the molecule is COc1cccc2c1ncn2C(=O)CCCC1CC1. The van der Waals surface area contributed by atoms with E-state index in [2.05, 4.69) is 4.98 Å². The highest BCUT2D eigenvalue weighted by atomic mass is 16.5. The Morgan fingerprint density at radius 2 is 2.32 bits per heavy atom. The van der Waals surface area contributed by atoms with E-state index in [1.54, 1.807) is 18.0 Å². The molecule has 0 aliphatic heterocycles. The molecule has 0 spiro atoms. The Morgan fingerprint density at radius 1 is 1.47 bits per heavy atom. The molecule has 1 heterocycles. The Kier molecular flexibility index (Phi) is 3.23. The second-order valence-electron chi connectivity index (χ2n) is 5.17. The highest BCUT2D eigenvalue weighted by molar-refractivity contribution is 5.92. The van der Waals surface area contributed by atoms with E-state index in [0.29, 0.717) is 12.2 Å². The Morgan fingerprint density at radius 3 is 3.05 bits per heavy atom. The predicted octanol–water partition coefficient (Wildman–Crippen LogP) is 3.27. The smallest absolute Gasteiger partial charge is 0.232 e. The maximum atomic E-state index is 12.2. The van der Waals surface area contributed by atoms with Crippen LogP contribution in [0.2, 0.25) is 0 Å². The van der Waals surface area contributed by atoms with Gasteiger partial charge in [0.05, 0.1) is 12.6 Å². The maximum Gasteiger partial charge on any atom is 0.232 e. The van der Waals surface area contributed by atoms with Gasteiger partial charge in [0.25, 0.3) is 0 Å². The lowest BCUT2D eigenvalue weighted by molar-refractivity contribution is 0.0903. The molecule has 4 nitrogen and oxygen atoms in total. The lowest BCUT2D eigenvalue weighted by atomic mass is 10.1. The van der Waals surface area contributed by atoms with Crippen LogP contribution in [0.15, 0.2) is 24.5 Å². The first-order valence-corrected chi connectivity index (χ1v) is 6.83. The number of methoxy groups -OCH3 is 1. The minimum atomic E-state index is 0.122.